The van der Waals surface area contributed by atoms with E-state index in [0.29, 0.717) is 0 Å². The molecule has 1 heterocycles. The molecule has 3 aromatic rings. The van der Waals surface area contributed by atoms with Crippen molar-refractivity contribution < 1.29 is 0 Å². The lowest BCUT2D eigenvalue weighted by Gasteiger charge is -2.14. The summed E-state index contributed by atoms with van der Waals surface area (Å²) in [5.74, 6) is 0. The fourth-order valence-corrected chi connectivity index (χ4v) is 3.82. The molecular formula is C19H21NS. The molecule has 3 rings (SSSR count). The fraction of sp³-hybridized carbons (Fsp3) is 0.263. The maximum atomic E-state index is 6.41. The van der Waals surface area contributed by atoms with Crippen molar-refractivity contribution in [2.75, 3.05) is 0 Å². The lowest BCUT2D eigenvalue weighted by Crippen LogP contribution is -2.25. The Balaban J connectivity index is 1.77. The van der Waals surface area contributed by atoms with Crippen molar-refractivity contribution in [3.05, 3.63) is 70.1 Å². The third kappa shape index (κ3) is 3.17. The van der Waals surface area contributed by atoms with Crippen molar-refractivity contribution in [2.24, 2.45) is 5.73 Å². The van der Waals surface area contributed by atoms with Gasteiger partial charge in [-0.05, 0) is 60.2 Å². The van der Waals surface area contributed by atoms with Crippen molar-refractivity contribution in [1.82, 2.24) is 0 Å². The number of fused-ring (bicyclic) bond motifs is 1. The second kappa shape index (κ2) is 6.00. The molecule has 0 bridgehead atoms. The molecule has 1 unspecified atom stereocenters. The van der Waals surface area contributed by atoms with Crippen LogP contribution in [0.2, 0.25) is 0 Å². The van der Waals surface area contributed by atoms with Gasteiger partial charge < -0.3 is 5.73 Å². The summed E-state index contributed by atoms with van der Waals surface area (Å²) in [6.07, 6.45) is 1.88. The Labute approximate surface area is 130 Å². The number of thiophene rings is 1. The van der Waals surface area contributed by atoms with Crippen LogP contribution in [0, 0.1) is 13.8 Å². The molecule has 2 aromatic carbocycles. The Morgan fingerprint density at radius 3 is 2.62 bits per heavy atom. The van der Waals surface area contributed by atoms with Crippen molar-refractivity contribution in [3.63, 3.8) is 0 Å². The van der Waals surface area contributed by atoms with Crippen LogP contribution in [0.25, 0.3) is 10.1 Å². The van der Waals surface area contributed by atoms with Crippen molar-refractivity contribution in [3.8, 4) is 0 Å². The molecule has 108 valence electrons. The van der Waals surface area contributed by atoms with Crippen molar-refractivity contribution in [1.29, 1.82) is 0 Å². The molecule has 0 spiro atoms. The van der Waals surface area contributed by atoms with Gasteiger partial charge in [0.15, 0.2) is 0 Å². The molecule has 0 fully saturated rings. The lowest BCUT2D eigenvalue weighted by molar-refractivity contribution is 0.666. The highest BCUT2D eigenvalue weighted by molar-refractivity contribution is 7.17. The maximum Gasteiger partial charge on any atom is 0.0345 e. The standard InChI is InChI=1S/C19H21NS/c1-13-7-8-14(2)15(9-13)10-17(20)11-16-12-21-19-6-4-3-5-18(16)19/h3-9,12,17H,10-11,20H2,1-2H3. The number of nitrogens with two attached hydrogens (primary N) is 1. The van der Waals surface area contributed by atoms with Gasteiger partial charge in [0.1, 0.15) is 0 Å². The van der Waals surface area contributed by atoms with Crippen LogP contribution in [0.1, 0.15) is 22.3 Å². The molecule has 1 atom stereocenters. The van der Waals surface area contributed by atoms with Crippen LogP contribution in [0.15, 0.2) is 47.8 Å². The van der Waals surface area contributed by atoms with E-state index in [4.69, 9.17) is 5.73 Å². The van der Waals surface area contributed by atoms with Crippen molar-refractivity contribution >= 4 is 21.4 Å². The van der Waals surface area contributed by atoms with Gasteiger partial charge in [-0.3, -0.25) is 0 Å². The molecule has 0 aliphatic heterocycles. The Bertz CT molecular complexity index is 757. The van der Waals surface area contributed by atoms with Crippen LogP contribution < -0.4 is 5.73 Å². The summed E-state index contributed by atoms with van der Waals surface area (Å²) in [4.78, 5) is 0. The molecule has 0 amide bonds. The number of hydrogen-bond acceptors (Lipinski definition) is 2. The van der Waals surface area contributed by atoms with E-state index in [1.165, 1.54) is 32.3 Å². The molecule has 2 heteroatoms. The molecular weight excluding hydrogens is 274 g/mol. The molecule has 1 nitrogen and oxygen atoms in total. The summed E-state index contributed by atoms with van der Waals surface area (Å²) in [5, 5.41) is 3.62. The van der Waals surface area contributed by atoms with E-state index in [0.717, 1.165) is 12.8 Å². The lowest BCUT2D eigenvalue weighted by atomic mass is 9.95. The summed E-state index contributed by atoms with van der Waals surface area (Å²) < 4.78 is 1.35. The molecule has 0 radical (unpaired) electrons. The fourth-order valence-electron chi connectivity index (χ4n) is 2.85. The first kappa shape index (κ1) is 14.3. The van der Waals surface area contributed by atoms with Gasteiger partial charge in [-0.2, -0.15) is 0 Å². The summed E-state index contributed by atoms with van der Waals surface area (Å²) in [5.41, 5.74) is 11.8. The van der Waals surface area contributed by atoms with Crippen molar-refractivity contribution in [2.45, 2.75) is 32.7 Å². The van der Waals surface area contributed by atoms with Gasteiger partial charge in [-0.25, -0.2) is 0 Å². The minimum absolute atomic E-state index is 0.170. The second-order valence-electron chi connectivity index (χ2n) is 5.86. The zero-order chi connectivity index (χ0) is 14.8. The van der Waals surface area contributed by atoms with E-state index >= 15 is 0 Å². The third-order valence-corrected chi connectivity index (χ3v) is 5.04. The first-order chi connectivity index (χ1) is 10.1. The first-order valence-corrected chi connectivity index (χ1v) is 8.28. The van der Waals surface area contributed by atoms with Crippen LogP contribution >= 0.6 is 11.3 Å². The van der Waals surface area contributed by atoms with Gasteiger partial charge in [0.2, 0.25) is 0 Å². The van der Waals surface area contributed by atoms with Gasteiger partial charge in [0.05, 0.1) is 0 Å². The van der Waals surface area contributed by atoms with E-state index in [1.54, 1.807) is 0 Å². The maximum absolute atomic E-state index is 6.41. The van der Waals surface area contributed by atoms with Crippen LogP contribution in [0.4, 0.5) is 0 Å². The average Bonchev–Trinajstić information content (AvgIpc) is 2.86. The minimum Gasteiger partial charge on any atom is -0.327 e. The quantitative estimate of drug-likeness (QED) is 0.746. The topological polar surface area (TPSA) is 26.0 Å². The van der Waals surface area contributed by atoms with Gasteiger partial charge >= 0.3 is 0 Å². The van der Waals surface area contributed by atoms with E-state index in [2.05, 4.69) is 61.7 Å². The Hall–Kier alpha value is -1.64. The minimum atomic E-state index is 0.170. The van der Waals surface area contributed by atoms with Gasteiger partial charge in [-0.1, -0.05) is 42.0 Å². The molecule has 0 saturated carbocycles. The monoisotopic (exact) mass is 295 g/mol. The van der Waals surface area contributed by atoms with Gasteiger partial charge in [-0.15, -0.1) is 11.3 Å². The third-order valence-electron chi connectivity index (χ3n) is 4.03. The molecule has 2 N–H and O–H groups in total. The highest BCUT2D eigenvalue weighted by atomic mass is 32.1. The molecule has 0 saturated heterocycles. The van der Waals surface area contributed by atoms with Gasteiger partial charge in [0, 0.05) is 10.7 Å². The Morgan fingerprint density at radius 1 is 1.00 bits per heavy atom. The normalized spacial score (nSPS) is 12.7. The number of aryl methyl sites for hydroxylation is 2. The summed E-state index contributed by atoms with van der Waals surface area (Å²) in [6, 6.07) is 15.4. The predicted molar refractivity (Wildman–Crippen MR) is 93.1 cm³/mol. The smallest absolute Gasteiger partial charge is 0.0345 e. The SMILES string of the molecule is Cc1ccc(C)c(CC(N)Cc2csc3ccccc23)c1. The summed E-state index contributed by atoms with van der Waals surface area (Å²) in [6.45, 7) is 4.31. The van der Waals surface area contributed by atoms with E-state index < -0.39 is 0 Å². The highest BCUT2D eigenvalue weighted by Gasteiger charge is 2.11. The number of rotatable bonds is 4. The molecule has 0 aliphatic rings. The Kier molecular flexibility index (Phi) is 4.09. The first-order valence-electron chi connectivity index (χ1n) is 7.40. The average molecular weight is 295 g/mol. The van der Waals surface area contributed by atoms with Crippen LogP contribution in [-0.4, -0.2) is 6.04 Å². The van der Waals surface area contributed by atoms with Crippen LogP contribution in [0.3, 0.4) is 0 Å². The number of hydrogen-bond donors (Lipinski definition) is 1. The summed E-state index contributed by atoms with van der Waals surface area (Å²) >= 11 is 1.81. The number of benzene rings is 2. The predicted octanol–water partition coefficient (Wildman–Crippen LogP) is 4.63. The summed E-state index contributed by atoms with van der Waals surface area (Å²) in [7, 11) is 0. The van der Waals surface area contributed by atoms with Crippen LogP contribution in [0.5, 0.6) is 0 Å². The van der Waals surface area contributed by atoms with E-state index in [1.807, 2.05) is 11.3 Å². The van der Waals surface area contributed by atoms with Crippen LogP contribution in [-0.2, 0) is 12.8 Å². The second-order valence-corrected chi connectivity index (χ2v) is 6.77. The zero-order valence-electron chi connectivity index (χ0n) is 12.6. The largest absolute Gasteiger partial charge is 0.327 e. The zero-order valence-corrected chi connectivity index (χ0v) is 13.4. The highest BCUT2D eigenvalue weighted by Crippen LogP contribution is 2.27. The van der Waals surface area contributed by atoms with E-state index in [-0.39, 0.29) is 6.04 Å². The van der Waals surface area contributed by atoms with Gasteiger partial charge in [0.25, 0.3) is 0 Å². The Morgan fingerprint density at radius 2 is 1.76 bits per heavy atom. The van der Waals surface area contributed by atoms with E-state index in [9.17, 15) is 0 Å². The molecule has 0 aliphatic carbocycles. The molecule has 21 heavy (non-hydrogen) atoms. The molecule has 1 aromatic heterocycles.